The van der Waals surface area contributed by atoms with E-state index < -0.39 is 5.56 Å². The summed E-state index contributed by atoms with van der Waals surface area (Å²) in [6.07, 6.45) is 1.77. The topological polar surface area (TPSA) is 117 Å². The van der Waals surface area contributed by atoms with Crippen molar-refractivity contribution in [2.45, 2.75) is 12.1 Å². The van der Waals surface area contributed by atoms with Crippen molar-refractivity contribution < 1.29 is 14.3 Å². The molecular formula is C22H20N4O4S. The summed E-state index contributed by atoms with van der Waals surface area (Å²) in [5.41, 5.74) is 1.83. The van der Waals surface area contributed by atoms with Crippen molar-refractivity contribution in [3.05, 3.63) is 63.9 Å². The van der Waals surface area contributed by atoms with Gasteiger partial charge in [0.25, 0.3) is 11.5 Å². The van der Waals surface area contributed by atoms with Gasteiger partial charge in [-0.1, -0.05) is 30.0 Å². The fraction of sp³-hybridized carbons (Fsp3) is 0.182. The minimum atomic E-state index is -0.510. The molecular weight excluding hydrogens is 416 g/mol. The molecule has 0 unspecified atom stereocenters. The van der Waals surface area contributed by atoms with Gasteiger partial charge in [0.1, 0.15) is 11.6 Å². The number of benzene rings is 2. The number of amides is 1. The number of carbonyl (C=O) groups is 1. The number of aromatic amines is 1. The zero-order valence-corrected chi connectivity index (χ0v) is 18.0. The molecule has 0 fully saturated rings. The molecule has 2 N–H and O–H groups in total. The van der Waals surface area contributed by atoms with Gasteiger partial charge >= 0.3 is 0 Å². The van der Waals surface area contributed by atoms with Crippen molar-refractivity contribution in [3.63, 3.8) is 0 Å². The van der Waals surface area contributed by atoms with E-state index in [9.17, 15) is 14.9 Å². The molecule has 158 valence electrons. The van der Waals surface area contributed by atoms with Crippen LogP contribution in [0.4, 0.5) is 5.69 Å². The number of para-hydroxylation sites is 1. The smallest absolute Gasteiger partial charge is 0.270 e. The van der Waals surface area contributed by atoms with Gasteiger partial charge in [0.2, 0.25) is 0 Å². The molecule has 0 aliphatic rings. The molecule has 0 aliphatic heterocycles. The highest BCUT2D eigenvalue weighted by Gasteiger charge is 2.16. The van der Waals surface area contributed by atoms with Crippen molar-refractivity contribution >= 4 is 23.4 Å². The number of hydrogen-bond acceptors (Lipinski definition) is 7. The molecule has 0 spiro atoms. The van der Waals surface area contributed by atoms with Crippen LogP contribution in [-0.4, -0.2) is 35.8 Å². The van der Waals surface area contributed by atoms with Crippen molar-refractivity contribution in [1.82, 2.24) is 9.97 Å². The van der Waals surface area contributed by atoms with Crippen LogP contribution >= 0.6 is 11.8 Å². The molecule has 0 radical (unpaired) electrons. The maximum Gasteiger partial charge on any atom is 0.270 e. The van der Waals surface area contributed by atoms with E-state index in [1.54, 1.807) is 24.5 Å². The van der Waals surface area contributed by atoms with Gasteiger partial charge in [-0.15, -0.1) is 0 Å². The van der Waals surface area contributed by atoms with E-state index in [2.05, 4.69) is 15.3 Å². The predicted octanol–water partition coefficient (Wildman–Crippen LogP) is 3.37. The van der Waals surface area contributed by atoms with E-state index in [-0.39, 0.29) is 23.8 Å². The number of aryl methyl sites for hydroxylation is 1. The predicted molar refractivity (Wildman–Crippen MR) is 119 cm³/mol. The summed E-state index contributed by atoms with van der Waals surface area (Å²) < 4.78 is 11.0. The summed E-state index contributed by atoms with van der Waals surface area (Å²) in [4.78, 5) is 31.3. The number of methoxy groups -OCH3 is 1. The van der Waals surface area contributed by atoms with Crippen LogP contribution < -0.4 is 20.3 Å². The lowest BCUT2D eigenvalue weighted by Crippen LogP contribution is -2.20. The molecule has 0 bridgehead atoms. The number of hydrogen-bond donors (Lipinski definition) is 2. The van der Waals surface area contributed by atoms with Gasteiger partial charge < -0.3 is 19.8 Å². The summed E-state index contributed by atoms with van der Waals surface area (Å²) in [5, 5.41) is 12.6. The number of nitriles is 1. The lowest BCUT2D eigenvalue weighted by atomic mass is 10.1. The molecule has 1 aromatic heterocycles. The van der Waals surface area contributed by atoms with E-state index in [0.717, 1.165) is 5.56 Å². The van der Waals surface area contributed by atoms with E-state index in [1.165, 1.54) is 18.9 Å². The number of aromatic nitrogens is 2. The molecule has 0 atom stereocenters. The van der Waals surface area contributed by atoms with Crippen LogP contribution in [0.25, 0.3) is 11.3 Å². The summed E-state index contributed by atoms with van der Waals surface area (Å²) >= 11 is 1.26. The number of nitrogens with zero attached hydrogens (tertiary/aromatic N) is 2. The van der Waals surface area contributed by atoms with Crippen LogP contribution in [0.5, 0.6) is 11.5 Å². The Bertz CT molecular complexity index is 1220. The van der Waals surface area contributed by atoms with Gasteiger partial charge in [-0.3, -0.25) is 9.59 Å². The summed E-state index contributed by atoms with van der Waals surface area (Å²) in [5.74, 6) is 0.380. The fourth-order valence-electron chi connectivity index (χ4n) is 2.84. The van der Waals surface area contributed by atoms with Crippen LogP contribution in [0, 0.1) is 18.3 Å². The second-order valence-corrected chi connectivity index (χ2v) is 7.22. The second kappa shape index (κ2) is 9.82. The Balaban J connectivity index is 1.82. The molecule has 2 aromatic carbocycles. The molecule has 31 heavy (non-hydrogen) atoms. The van der Waals surface area contributed by atoms with Crippen molar-refractivity contribution in [2.24, 2.45) is 0 Å². The standard InChI is InChI=1S/C22H20N4O4S/c1-13-6-4-5-7-16(13)24-19(27)12-30-17-9-8-14(10-18(17)29-2)20-15(11-23)21(28)26-22(25-20)31-3/h4-10H,12H2,1-3H3,(H,24,27)(H,25,26,28). The molecule has 1 amide bonds. The van der Waals surface area contributed by atoms with Gasteiger partial charge in [0.15, 0.2) is 23.3 Å². The van der Waals surface area contributed by atoms with Gasteiger partial charge in [-0.05, 0) is 43.0 Å². The van der Waals surface area contributed by atoms with Gasteiger partial charge in [0, 0.05) is 11.3 Å². The SMILES string of the molecule is COc1cc(-c2nc(SC)[nH]c(=O)c2C#N)ccc1OCC(=O)Nc1ccccc1C. The Morgan fingerprint density at radius 3 is 2.71 bits per heavy atom. The van der Waals surface area contributed by atoms with Crippen LogP contribution in [0.2, 0.25) is 0 Å². The Hall–Kier alpha value is -3.77. The third-order valence-corrected chi connectivity index (χ3v) is 5.00. The quantitative estimate of drug-likeness (QED) is 0.431. The number of carbonyl (C=O) groups excluding carboxylic acids is 1. The normalized spacial score (nSPS) is 10.3. The third-order valence-electron chi connectivity index (χ3n) is 4.42. The van der Waals surface area contributed by atoms with E-state index >= 15 is 0 Å². The lowest BCUT2D eigenvalue weighted by Gasteiger charge is -2.13. The third kappa shape index (κ3) is 5.05. The minimum absolute atomic E-state index is 0.0915. The molecule has 9 heteroatoms. The first-order valence-electron chi connectivity index (χ1n) is 9.22. The van der Waals surface area contributed by atoms with Gasteiger partial charge in [-0.2, -0.15) is 5.26 Å². The number of H-pyrrole nitrogens is 1. The Morgan fingerprint density at radius 1 is 1.26 bits per heavy atom. The number of rotatable bonds is 7. The first kappa shape index (κ1) is 21.9. The molecule has 0 saturated carbocycles. The molecule has 0 aliphatic carbocycles. The van der Waals surface area contributed by atoms with Crippen LogP contribution in [0.15, 0.2) is 52.4 Å². The Morgan fingerprint density at radius 2 is 2.03 bits per heavy atom. The average Bonchev–Trinajstić information content (AvgIpc) is 2.78. The maximum atomic E-state index is 12.3. The summed E-state index contributed by atoms with van der Waals surface area (Å²) in [6.45, 7) is 1.69. The highest BCUT2D eigenvalue weighted by molar-refractivity contribution is 7.98. The van der Waals surface area contributed by atoms with Crippen LogP contribution in [0.1, 0.15) is 11.1 Å². The van der Waals surface area contributed by atoms with Gasteiger partial charge in [-0.25, -0.2) is 4.98 Å². The van der Waals surface area contributed by atoms with E-state index in [4.69, 9.17) is 9.47 Å². The highest BCUT2D eigenvalue weighted by Crippen LogP contribution is 2.33. The lowest BCUT2D eigenvalue weighted by molar-refractivity contribution is -0.118. The van der Waals surface area contributed by atoms with Crippen LogP contribution in [-0.2, 0) is 4.79 Å². The molecule has 8 nitrogen and oxygen atoms in total. The van der Waals surface area contributed by atoms with E-state index in [0.29, 0.717) is 27.9 Å². The van der Waals surface area contributed by atoms with Crippen molar-refractivity contribution in [3.8, 4) is 28.8 Å². The summed E-state index contributed by atoms with van der Waals surface area (Å²) in [6, 6.07) is 14.2. The minimum Gasteiger partial charge on any atom is -0.493 e. The average molecular weight is 436 g/mol. The van der Waals surface area contributed by atoms with Crippen molar-refractivity contribution in [1.29, 1.82) is 5.26 Å². The maximum absolute atomic E-state index is 12.3. The molecule has 1 heterocycles. The number of anilines is 1. The summed E-state index contributed by atoms with van der Waals surface area (Å²) in [7, 11) is 1.46. The molecule has 0 saturated heterocycles. The number of thioether (sulfide) groups is 1. The first-order chi connectivity index (χ1) is 15.0. The van der Waals surface area contributed by atoms with Gasteiger partial charge in [0.05, 0.1) is 12.8 Å². The number of ether oxygens (including phenoxy) is 2. The monoisotopic (exact) mass is 436 g/mol. The second-order valence-electron chi connectivity index (χ2n) is 6.43. The molecule has 3 aromatic rings. The molecule has 3 rings (SSSR count). The Labute approximate surface area is 183 Å². The van der Waals surface area contributed by atoms with Crippen molar-refractivity contribution in [2.75, 3.05) is 25.3 Å². The van der Waals surface area contributed by atoms with E-state index in [1.807, 2.05) is 37.3 Å². The first-order valence-corrected chi connectivity index (χ1v) is 10.4. The largest absolute Gasteiger partial charge is 0.493 e. The zero-order chi connectivity index (χ0) is 22.4. The zero-order valence-electron chi connectivity index (χ0n) is 17.2. The van der Waals surface area contributed by atoms with Crippen LogP contribution in [0.3, 0.4) is 0 Å². The fourth-order valence-corrected chi connectivity index (χ4v) is 3.22. The highest BCUT2D eigenvalue weighted by atomic mass is 32.2. The number of nitrogens with one attached hydrogen (secondary N) is 2. The Kier molecular flexibility index (Phi) is 6.95.